The first-order valence-electron chi connectivity index (χ1n) is 11.5. The number of benzene rings is 2. The van der Waals surface area contributed by atoms with Crippen molar-refractivity contribution in [1.82, 2.24) is 0 Å². The van der Waals surface area contributed by atoms with Crippen LogP contribution in [0.1, 0.15) is 30.3 Å². The Bertz CT molecular complexity index is 1210. The SMILES string of the molecule is COc1cc2c(c(OC)c1[C@@H]1OC[C@H]3[C@H](c4ccc5c(c4OC)OCO5)OC[C@@]13OC(C)=O)OCO2. The molecule has 11 nitrogen and oxygen atoms in total. The van der Waals surface area contributed by atoms with Crippen LogP contribution in [0, 0.1) is 5.92 Å². The zero-order valence-corrected chi connectivity index (χ0v) is 20.3. The lowest BCUT2D eigenvalue weighted by Crippen LogP contribution is -2.44. The van der Waals surface area contributed by atoms with Gasteiger partial charge in [0.15, 0.2) is 28.6 Å². The Balaban J connectivity index is 1.46. The largest absolute Gasteiger partial charge is 0.496 e. The number of carbonyl (C=O) groups excluding carboxylic acids is 1. The highest BCUT2D eigenvalue weighted by molar-refractivity contribution is 5.68. The van der Waals surface area contributed by atoms with Gasteiger partial charge in [-0.3, -0.25) is 4.79 Å². The van der Waals surface area contributed by atoms with E-state index in [2.05, 4.69) is 0 Å². The van der Waals surface area contributed by atoms with Crippen molar-refractivity contribution in [2.45, 2.75) is 24.7 Å². The van der Waals surface area contributed by atoms with Gasteiger partial charge in [-0.2, -0.15) is 0 Å². The molecule has 0 unspecified atom stereocenters. The summed E-state index contributed by atoms with van der Waals surface area (Å²) >= 11 is 0. The third-order valence-corrected chi connectivity index (χ3v) is 7.04. The van der Waals surface area contributed by atoms with Gasteiger partial charge in [-0.05, 0) is 12.1 Å². The van der Waals surface area contributed by atoms with E-state index in [-0.39, 0.29) is 32.7 Å². The molecule has 0 saturated carbocycles. The van der Waals surface area contributed by atoms with Crippen LogP contribution in [0.3, 0.4) is 0 Å². The minimum Gasteiger partial charge on any atom is -0.496 e. The van der Waals surface area contributed by atoms with E-state index in [0.717, 1.165) is 5.56 Å². The Labute approximate surface area is 207 Å². The van der Waals surface area contributed by atoms with E-state index in [0.29, 0.717) is 45.8 Å². The van der Waals surface area contributed by atoms with Crippen LogP contribution >= 0.6 is 0 Å². The molecule has 0 aliphatic carbocycles. The molecule has 4 aliphatic heterocycles. The number of hydrogen-bond acceptors (Lipinski definition) is 11. The standard InChI is InChI=1S/C25H26O11/c1-12(26)36-25-9-31-19(13-5-6-15-21(20(13)28-3)34-10-32-15)14(25)8-30-24(25)18-16(27-2)7-17-22(23(18)29-4)35-11-33-17/h5-7,14,19,24H,8-11H2,1-4H3/t14-,19-,24-,25-/m0/s1. The maximum Gasteiger partial charge on any atom is 0.303 e. The zero-order valence-electron chi connectivity index (χ0n) is 20.3. The molecular weight excluding hydrogens is 476 g/mol. The smallest absolute Gasteiger partial charge is 0.303 e. The van der Waals surface area contributed by atoms with Gasteiger partial charge in [0.25, 0.3) is 0 Å². The first-order chi connectivity index (χ1) is 17.5. The summed E-state index contributed by atoms with van der Waals surface area (Å²) < 4.78 is 58.2. The summed E-state index contributed by atoms with van der Waals surface area (Å²) in [5, 5.41) is 0. The van der Waals surface area contributed by atoms with Crippen LogP contribution in [0.15, 0.2) is 18.2 Å². The predicted molar refractivity (Wildman–Crippen MR) is 120 cm³/mol. The van der Waals surface area contributed by atoms with Crippen LogP contribution in [0.25, 0.3) is 0 Å². The molecule has 4 atom stereocenters. The van der Waals surface area contributed by atoms with Gasteiger partial charge in [-0.25, -0.2) is 0 Å². The van der Waals surface area contributed by atoms with E-state index < -0.39 is 23.8 Å². The first-order valence-corrected chi connectivity index (χ1v) is 11.5. The Morgan fingerprint density at radius 2 is 1.64 bits per heavy atom. The molecule has 0 radical (unpaired) electrons. The van der Waals surface area contributed by atoms with E-state index in [9.17, 15) is 4.79 Å². The maximum atomic E-state index is 12.4. The number of carbonyl (C=O) groups is 1. The fourth-order valence-corrected chi connectivity index (χ4v) is 5.62. The van der Waals surface area contributed by atoms with Crippen molar-refractivity contribution in [2.24, 2.45) is 5.92 Å². The molecule has 4 heterocycles. The van der Waals surface area contributed by atoms with E-state index >= 15 is 0 Å². The Morgan fingerprint density at radius 3 is 2.33 bits per heavy atom. The van der Waals surface area contributed by atoms with Crippen molar-refractivity contribution >= 4 is 5.97 Å². The van der Waals surface area contributed by atoms with Crippen LogP contribution in [0.5, 0.6) is 40.2 Å². The molecule has 0 bridgehead atoms. The highest BCUT2D eigenvalue weighted by Gasteiger charge is 2.64. The molecule has 11 heteroatoms. The molecule has 4 aliphatic rings. The van der Waals surface area contributed by atoms with Crippen molar-refractivity contribution in [3.63, 3.8) is 0 Å². The quantitative estimate of drug-likeness (QED) is 0.544. The van der Waals surface area contributed by atoms with Crippen molar-refractivity contribution in [1.29, 1.82) is 0 Å². The van der Waals surface area contributed by atoms with Crippen LogP contribution < -0.4 is 33.2 Å². The molecule has 0 aromatic heterocycles. The highest BCUT2D eigenvalue weighted by atomic mass is 16.7. The highest BCUT2D eigenvalue weighted by Crippen LogP contribution is 2.61. The minimum atomic E-state index is -1.17. The molecule has 0 amide bonds. The molecule has 36 heavy (non-hydrogen) atoms. The van der Waals surface area contributed by atoms with E-state index in [1.165, 1.54) is 21.1 Å². The summed E-state index contributed by atoms with van der Waals surface area (Å²) in [7, 11) is 4.62. The predicted octanol–water partition coefficient (Wildman–Crippen LogP) is 2.93. The Morgan fingerprint density at radius 1 is 0.917 bits per heavy atom. The molecule has 2 aromatic carbocycles. The van der Waals surface area contributed by atoms with Gasteiger partial charge in [0.1, 0.15) is 11.9 Å². The van der Waals surface area contributed by atoms with E-state index in [1.54, 1.807) is 13.2 Å². The molecule has 2 aromatic rings. The van der Waals surface area contributed by atoms with Crippen LogP contribution in [-0.4, -0.2) is 59.7 Å². The van der Waals surface area contributed by atoms with Gasteiger partial charge in [0.05, 0.1) is 52.1 Å². The first kappa shape index (κ1) is 22.9. The topological polar surface area (TPSA) is 109 Å². The van der Waals surface area contributed by atoms with Crippen molar-refractivity contribution in [3.8, 4) is 40.2 Å². The van der Waals surface area contributed by atoms with Crippen LogP contribution in [0.2, 0.25) is 0 Å². The summed E-state index contributed by atoms with van der Waals surface area (Å²) in [6.07, 6.45) is -1.28. The molecule has 2 fully saturated rings. The number of methoxy groups -OCH3 is 3. The third-order valence-electron chi connectivity index (χ3n) is 7.04. The average Bonchev–Trinajstić information content (AvgIpc) is 3.65. The maximum absolute atomic E-state index is 12.4. The summed E-state index contributed by atoms with van der Waals surface area (Å²) in [5.41, 5.74) is 0.121. The van der Waals surface area contributed by atoms with Gasteiger partial charge < -0.3 is 47.4 Å². The number of esters is 1. The monoisotopic (exact) mass is 502 g/mol. The number of hydrogen-bond donors (Lipinski definition) is 0. The van der Waals surface area contributed by atoms with Crippen molar-refractivity contribution < 1.29 is 52.2 Å². The minimum absolute atomic E-state index is 0.0522. The molecule has 6 rings (SSSR count). The normalized spacial score (nSPS) is 27.1. The third kappa shape index (κ3) is 3.15. The lowest BCUT2D eigenvalue weighted by atomic mass is 9.79. The lowest BCUT2D eigenvalue weighted by molar-refractivity contribution is -0.167. The Kier molecular flexibility index (Phi) is 5.41. The fourth-order valence-electron chi connectivity index (χ4n) is 5.62. The number of rotatable bonds is 6. The van der Waals surface area contributed by atoms with Crippen LogP contribution in [-0.2, 0) is 19.0 Å². The molecule has 0 spiro atoms. The van der Waals surface area contributed by atoms with Gasteiger partial charge in [0, 0.05) is 18.6 Å². The second kappa shape index (κ2) is 8.52. The summed E-state index contributed by atoms with van der Waals surface area (Å²) in [6.45, 7) is 1.84. The van der Waals surface area contributed by atoms with Gasteiger partial charge >= 0.3 is 5.97 Å². The zero-order chi connectivity index (χ0) is 25.0. The van der Waals surface area contributed by atoms with Crippen LogP contribution in [0.4, 0.5) is 0 Å². The summed E-state index contributed by atoms with van der Waals surface area (Å²) in [4.78, 5) is 12.4. The number of ether oxygens (including phenoxy) is 10. The fraction of sp³-hybridized carbons (Fsp3) is 0.480. The molecule has 192 valence electrons. The summed E-state index contributed by atoms with van der Waals surface area (Å²) in [5.74, 6) is 2.56. The van der Waals surface area contributed by atoms with Crippen molar-refractivity contribution in [3.05, 3.63) is 29.3 Å². The van der Waals surface area contributed by atoms with E-state index in [4.69, 9.17) is 47.4 Å². The van der Waals surface area contributed by atoms with Gasteiger partial charge in [-0.15, -0.1) is 0 Å². The van der Waals surface area contributed by atoms with Crippen molar-refractivity contribution in [2.75, 3.05) is 48.1 Å². The van der Waals surface area contributed by atoms with E-state index in [1.807, 2.05) is 12.1 Å². The van der Waals surface area contributed by atoms with Gasteiger partial charge in [-0.1, -0.05) is 0 Å². The molecule has 0 N–H and O–H groups in total. The van der Waals surface area contributed by atoms with Gasteiger partial charge in [0.2, 0.25) is 25.1 Å². The molecule has 2 saturated heterocycles. The second-order valence-electron chi connectivity index (χ2n) is 8.78. The lowest BCUT2D eigenvalue weighted by Gasteiger charge is -2.33. The second-order valence-corrected chi connectivity index (χ2v) is 8.78. The number of fused-ring (bicyclic) bond motifs is 3. The average molecular weight is 502 g/mol. The summed E-state index contributed by atoms with van der Waals surface area (Å²) in [6, 6.07) is 5.40. The Hall–Kier alpha value is -3.57. The molecular formula is C25H26O11.